The molecular weight excluding hydrogens is 307 g/mol. The van der Waals surface area contributed by atoms with Gasteiger partial charge in [-0.1, -0.05) is 50.6 Å². The fourth-order valence-corrected chi connectivity index (χ4v) is 7.44. The molecule has 4 fully saturated rings. The molecule has 134 valence electrons. The number of benzene rings is 1. The Kier molecular flexibility index (Phi) is 3.23. The number of aryl methyl sites for hydroxylation is 1. The Morgan fingerprint density at radius 1 is 1.00 bits per heavy atom. The van der Waals surface area contributed by atoms with Gasteiger partial charge in [-0.3, -0.25) is 0 Å². The van der Waals surface area contributed by atoms with E-state index in [-0.39, 0.29) is 18.8 Å². The monoisotopic (exact) mass is 338 g/mol. The second-order valence-electron chi connectivity index (χ2n) is 10.2. The summed E-state index contributed by atoms with van der Waals surface area (Å²) in [4.78, 5) is 0. The normalized spacial score (nSPS) is 47.0. The summed E-state index contributed by atoms with van der Waals surface area (Å²) >= 11 is 0. The van der Waals surface area contributed by atoms with Crippen LogP contribution in [-0.4, -0.2) is 18.8 Å². The van der Waals surface area contributed by atoms with E-state index >= 15 is 0 Å². The first-order valence-corrected chi connectivity index (χ1v) is 10.2. The van der Waals surface area contributed by atoms with Crippen LogP contribution in [0.4, 0.5) is 0 Å². The zero-order chi connectivity index (χ0) is 17.6. The van der Waals surface area contributed by atoms with Crippen molar-refractivity contribution in [3.63, 3.8) is 0 Å². The summed E-state index contributed by atoms with van der Waals surface area (Å²) in [6, 6.07) is 8.67. The highest BCUT2D eigenvalue weighted by molar-refractivity contribution is 6.62. The molecule has 1 spiro atoms. The van der Waals surface area contributed by atoms with E-state index in [1.165, 1.54) is 36.7 Å². The average molecular weight is 338 g/mol. The van der Waals surface area contributed by atoms with Crippen LogP contribution in [0.15, 0.2) is 24.3 Å². The predicted molar refractivity (Wildman–Crippen MR) is 102 cm³/mol. The Labute approximate surface area is 152 Å². The lowest BCUT2D eigenvalue weighted by Gasteiger charge is -2.48. The van der Waals surface area contributed by atoms with Crippen molar-refractivity contribution < 1.29 is 9.31 Å². The number of rotatable bonds is 1. The lowest BCUT2D eigenvalue weighted by molar-refractivity contribution is -0.0767. The van der Waals surface area contributed by atoms with Gasteiger partial charge in [0, 0.05) is 0 Å². The van der Waals surface area contributed by atoms with Crippen LogP contribution in [0.3, 0.4) is 0 Å². The van der Waals surface area contributed by atoms with E-state index in [2.05, 4.69) is 58.9 Å². The van der Waals surface area contributed by atoms with Crippen molar-refractivity contribution in [3.8, 4) is 0 Å². The maximum Gasteiger partial charge on any atom is 0.494 e. The van der Waals surface area contributed by atoms with Crippen LogP contribution in [0, 0.1) is 35.5 Å². The fraction of sp³-hybridized carbons (Fsp3) is 0.727. The molecule has 1 heterocycles. The molecule has 0 unspecified atom stereocenters. The summed E-state index contributed by atoms with van der Waals surface area (Å²) in [7, 11) is -0.197. The first-order chi connectivity index (χ1) is 11.8. The van der Waals surface area contributed by atoms with Crippen LogP contribution in [0.2, 0.25) is 0 Å². The standard InChI is InChI=1S/C22H31BO2/c1-14-6-9-16(10-7-14)23-24-19-13-22-12-18(21(19,5)25-23)20(3,4)17(22)11-8-15(22)2/h6-7,9-10,15,17-19H,8,11-13H2,1-5H3/t15-,17-,18-,19+,21-,22-/m1/s1. The lowest BCUT2D eigenvalue weighted by Crippen LogP contribution is -2.52. The van der Waals surface area contributed by atoms with Gasteiger partial charge >= 0.3 is 7.12 Å². The summed E-state index contributed by atoms with van der Waals surface area (Å²) in [5, 5.41) is 0. The zero-order valence-electron chi connectivity index (χ0n) is 16.3. The average Bonchev–Trinajstić information content (AvgIpc) is 3.13. The quantitative estimate of drug-likeness (QED) is 0.709. The first-order valence-electron chi connectivity index (χ1n) is 10.2. The van der Waals surface area contributed by atoms with Gasteiger partial charge in [0.1, 0.15) is 0 Å². The molecule has 0 aromatic heterocycles. The maximum absolute atomic E-state index is 6.72. The molecule has 0 N–H and O–H groups in total. The highest BCUT2D eigenvalue weighted by Crippen LogP contribution is 2.74. The second kappa shape index (κ2) is 4.92. The number of hydrogen-bond donors (Lipinski definition) is 0. The molecule has 0 amide bonds. The van der Waals surface area contributed by atoms with Crippen molar-refractivity contribution in [2.75, 3.05) is 0 Å². The Hall–Kier alpha value is -0.795. The van der Waals surface area contributed by atoms with Gasteiger partial charge in [0.25, 0.3) is 0 Å². The molecule has 4 aliphatic rings. The molecule has 3 saturated carbocycles. The third-order valence-corrected chi connectivity index (χ3v) is 8.84. The van der Waals surface area contributed by atoms with Gasteiger partial charge in [0.2, 0.25) is 0 Å². The van der Waals surface area contributed by atoms with Gasteiger partial charge in [-0.15, -0.1) is 0 Å². The molecule has 3 heteroatoms. The summed E-state index contributed by atoms with van der Waals surface area (Å²) in [5.74, 6) is 2.27. The minimum absolute atomic E-state index is 0.144. The van der Waals surface area contributed by atoms with Crippen LogP contribution in [-0.2, 0) is 9.31 Å². The van der Waals surface area contributed by atoms with Gasteiger partial charge in [0.05, 0.1) is 11.7 Å². The van der Waals surface area contributed by atoms with E-state index in [0.29, 0.717) is 16.7 Å². The Morgan fingerprint density at radius 2 is 1.72 bits per heavy atom. The minimum atomic E-state index is -0.197. The molecule has 2 bridgehead atoms. The summed E-state index contributed by atoms with van der Waals surface area (Å²) in [6.45, 7) is 12.0. The highest BCUT2D eigenvalue weighted by atomic mass is 16.7. The number of hydrogen-bond acceptors (Lipinski definition) is 2. The van der Waals surface area contributed by atoms with Gasteiger partial charge in [-0.25, -0.2) is 0 Å². The smallest absolute Gasteiger partial charge is 0.401 e. The zero-order valence-corrected chi connectivity index (χ0v) is 16.3. The highest BCUT2D eigenvalue weighted by Gasteiger charge is 2.73. The van der Waals surface area contributed by atoms with E-state index < -0.39 is 0 Å². The minimum Gasteiger partial charge on any atom is -0.401 e. The van der Waals surface area contributed by atoms with Crippen LogP contribution in [0.1, 0.15) is 58.9 Å². The maximum atomic E-state index is 6.72. The predicted octanol–water partition coefficient (Wildman–Crippen LogP) is 4.35. The van der Waals surface area contributed by atoms with Crippen molar-refractivity contribution in [1.29, 1.82) is 0 Å². The molecular formula is C22H31BO2. The van der Waals surface area contributed by atoms with Crippen LogP contribution >= 0.6 is 0 Å². The summed E-state index contributed by atoms with van der Waals surface area (Å²) < 4.78 is 13.3. The number of fused-ring (bicyclic) bond motifs is 3. The van der Waals surface area contributed by atoms with Gasteiger partial charge in [-0.05, 0) is 73.6 Å². The molecule has 2 nitrogen and oxygen atoms in total. The lowest BCUT2D eigenvalue weighted by atomic mass is 9.63. The Bertz CT molecular complexity index is 698. The van der Waals surface area contributed by atoms with E-state index in [0.717, 1.165) is 11.8 Å². The van der Waals surface area contributed by atoms with Crippen LogP contribution in [0.5, 0.6) is 0 Å². The molecule has 0 radical (unpaired) electrons. The SMILES string of the molecule is Cc1ccc(B2O[C@H]3C[C@@]45C[C@H](C(C)(C)[C@H]4CC[C@H]5C)[C@@]3(C)O2)cc1. The van der Waals surface area contributed by atoms with Gasteiger partial charge in [-0.2, -0.15) is 0 Å². The van der Waals surface area contributed by atoms with Crippen molar-refractivity contribution in [2.24, 2.45) is 28.6 Å². The van der Waals surface area contributed by atoms with E-state index in [4.69, 9.17) is 9.31 Å². The molecule has 1 aliphatic heterocycles. The molecule has 1 saturated heterocycles. The fourth-order valence-electron chi connectivity index (χ4n) is 7.44. The van der Waals surface area contributed by atoms with Crippen molar-refractivity contribution in [3.05, 3.63) is 29.8 Å². The van der Waals surface area contributed by atoms with Crippen molar-refractivity contribution in [2.45, 2.75) is 72.0 Å². The second-order valence-corrected chi connectivity index (χ2v) is 10.2. The molecule has 25 heavy (non-hydrogen) atoms. The molecule has 5 rings (SSSR count). The molecule has 3 aliphatic carbocycles. The summed E-state index contributed by atoms with van der Waals surface area (Å²) in [6.07, 6.45) is 5.56. The summed E-state index contributed by atoms with van der Waals surface area (Å²) in [5.41, 5.74) is 3.15. The van der Waals surface area contributed by atoms with E-state index in [1.54, 1.807) is 0 Å². The Morgan fingerprint density at radius 3 is 2.44 bits per heavy atom. The molecule has 6 atom stereocenters. The largest absolute Gasteiger partial charge is 0.494 e. The first kappa shape index (κ1) is 16.4. The van der Waals surface area contributed by atoms with Crippen molar-refractivity contribution in [1.82, 2.24) is 0 Å². The van der Waals surface area contributed by atoms with Crippen molar-refractivity contribution >= 4 is 12.6 Å². The third-order valence-electron chi connectivity index (χ3n) is 8.84. The Balaban J connectivity index is 1.52. The molecule has 1 aromatic carbocycles. The van der Waals surface area contributed by atoms with E-state index in [9.17, 15) is 0 Å². The topological polar surface area (TPSA) is 18.5 Å². The van der Waals surface area contributed by atoms with Gasteiger partial charge < -0.3 is 9.31 Å². The van der Waals surface area contributed by atoms with Gasteiger partial charge in [0.15, 0.2) is 0 Å². The van der Waals surface area contributed by atoms with Crippen LogP contribution in [0.25, 0.3) is 0 Å². The van der Waals surface area contributed by atoms with E-state index in [1.807, 2.05) is 0 Å². The molecule has 1 aromatic rings. The third kappa shape index (κ3) is 1.95. The van der Waals surface area contributed by atoms with Crippen LogP contribution < -0.4 is 5.46 Å².